The molecule has 1 aromatic carbocycles. The summed E-state index contributed by atoms with van der Waals surface area (Å²) in [6.45, 7) is 2.96. The topological polar surface area (TPSA) is 41.5 Å². The van der Waals surface area contributed by atoms with Crippen LogP contribution in [0.25, 0.3) is 0 Å². The highest BCUT2D eigenvalue weighted by atomic mass is 16.5. The Hall–Kier alpha value is -1.98. The molecule has 1 atom stereocenters. The van der Waals surface area contributed by atoms with Crippen molar-refractivity contribution in [3.63, 3.8) is 0 Å². The number of hydrogen-bond acceptors (Lipinski definition) is 5. The van der Waals surface area contributed by atoms with Crippen molar-refractivity contribution in [1.82, 2.24) is 14.9 Å². The second-order valence-electron chi connectivity index (χ2n) is 6.36. The van der Waals surface area contributed by atoms with Crippen LogP contribution in [0, 0.1) is 0 Å². The van der Waals surface area contributed by atoms with Gasteiger partial charge in [-0.2, -0.15) is 0 Å². The number of piperidine rings is 1. The number of ether oxygens (including phenoxy) is 1. The van der Waals surface area contributed by atoms with Crippen LogP contribution in [-0.2, 0) is 4.74 Å². The molecule has 0 bridgehead atoms. The van der Waals surface area contributed by atoms with Crippen molar-refractivity contribution < 1.29 is 4.74 Å². The van der Waals surface area contributed by atoms with Gasteiger partial charge in [-0.3, -0.25) is 4.98 Å². The number of likely N-dealkylation sites (N-methyl/N-ethyl adjacent to an activating group) is 1. The molecule has 0 amide bonds. The van der Waals surface area contributed by atoms with E-state index in [1.165, 1.54) is 5.56 Å². The molecule has 0 N–H and O–H groups in total. The van der Waals surface area contributed by atoms with Gasteiger partial charge < -0.3 is 14.5 Å². The summed E-state index contributed by atoms with van der Waals surface area (Å²) in [7, 11) is 4.00. The number of anilines is 1. The van der Waals surface area contributed by atoms with Crippen LogP contribution in [0.3, 0.4) is 0 Å². The Morgan fingerprint density at radius 3 is 2.58 bits per heavy atom. The Labute approximate surface area is 144 Å². The fourth-order valence-corrected chi connectivity index (χ4v) is 3.38. The predicted octanol–water partition coefficient (Wildman–Crippen LogP) is 2.76. The van der Waals surface area contributed by atoms with E-state index in [0.717, 1.165) is 38.3 Å². The Morgan fingerprint density at radius 1 is 1.21 bits per heavy atom. The molecule has 128 valence electrons. The van der Waals surface area contributed by atoms with Crippen molar-refractivity contribution in [2.45, 2.75) is 25.0 Å². The van der Waals surface area contributed by atoms with E-state index in [1.54, 1.807) is 19.5 Å². The molecule has 1 saturated heterocycles. The SMILES string of the molecule is COC(CN(C)C1CCN(c2cnccn2)CC1)c1ccccc1. The summed E-state index contributed by atoms with van der Waals surface area (Å²) < 4.78 is 5.72. The summed E-state index contributed by atoms with van der Waals surface area (Å²) in [5.74, 6) is 0.984. The lowest BCUT2D eigenvalue weighted by molar-refractivity contribution is 0.0540. The Kier molecular flexibility index (Phi) is 5.77. The van der Waals surface area contributed by atoms with Gasteiger partial charge in [-0.25, -0.2) is 4.98 Å². The van der Waals surface area contributed by atoms with Gasteiger partial charge in [0.05, 0.1) is 12.3 Å². The van der Waals surface area contributed by atoms with E-state index in [1.807, 2.05) is 12.3 Å². The molecule has 0 saturated carbocycles. The minimum absolute atomic E-state index is 0.120. The van der Waals surface area contributed by atoms with Gasteiger partial charge in [-0.05, 0) is 25.5 Å². The predicted molar refractivity (Wildman–Crippen MR) is 96.1 cm³/mol. The van der Waals surface area contributed by atoms with Gasteiger partial charge in [0.15, 0.2) is 0 Å². The highest BCUT2D eigenvalue weighted by molar-refractivity contribution is 5.35. The molecule has 5 heteroatoms. The van der Waals surface area contributed by atoms with Gasteiger partial charge in [0, 0.05) is 45.2 Å². The van der Waals surface area contributed by atoms with Crippen molar-refractivity contribution in [3.8, 4) is 0 Å². The maximum absolute atomic E-state index is 5.72. The van der Waals surface area contributed by atoms with Crippen molar-refractivity contribution in [1.29, 1.82) is 0 Å². The first-order chi connectivity index (χ1) is 11.8. The third kappa shape index (κ3) is 4.10. The van der Waals surface area contributed by atoms with E-state index in [-0.39, 0.29) is 6.10 Å². The lowest BCUT2D eigenvalue weighted by Crippen LogP contribution is -2.45. The third-order valence-corrected chi connectivity index (χ3v) is 4.87. The largest absolute Gasteiger partial charge is 0.375 e. The van der Waals surface area contributed by atoms with E-state index in [2.05, 4.69) is 51.1 Å². The average Bonchev–Trinajstić information content (AvgIpc) is 2.67. The van der Waals surface area contributed by atoms with Crippen molar-refractivity contribution in [2.24, 2.45) is 0 Å². The molecule has 3 rings (SSSR count). The molecule has 1 aliphatic rings. The van der Waals surface area contributed by atoms with Gasteiger partial charge in [-0.1, -0.05) is 30.3 Å². The Balaban J connectivity index is 1.54. The van der Waals surface area contributed by atoms with E-state index in [9.17, 15) is 0 Å². The maximum atomic E-state index is 5.72. The van der Waals surface area contributed by atoms with E-state index >= 15 is 0 Å². The number of benzene rings is 1. The third-order valence-electron chi connectivity index (χ3n) is 4.87. The lowest BCUT2D eigenvalue weighted by Gasteiger charge is -2.38. The van der Waals surface area contributed by atoms with Crippen molar-refractivity contribution in [2.75, 3.05) is 38.7 Å². The minimum Gasteiger partial charge on any atom is -0.375 e. The highest BCUT2D eigenvalue weighted by Crippen LogP contribution is 2.23. The van der Waals surface area contributed by atoms with Crippen LogP contribution in [0.5, 0.6) is 0 Å². The van der Waals surface area contributed by atoms with Gasteiger partial charge >= 0.3 is 0 Å². The fraction of sp³-hybridized carbons (Fsp3) is 0.474. The molecular formula is C19H26N4O. The van der Waals surface area contributed by atoms with Crippen LogP contribution in [0.1, 0.15) is 24.5 Å². The number of nitrogens with zero attached hydrogens (tertiary/aromatic N) is 4. The second-order valence-corrected chi connectivity index (χ2v) is 6.36. The number of methoxy groups -OCH3 is 1. The molecule has 2 heterocycles. The summed E-state index contributed by atoms with van der Waals surface area (Å²) in [5.41, 5.74) is 1.24. The summed E-state index contributed by atoms with van der Waals surface area (Å²) in [6, 6.07) is 11.0. The smallest absolute Gasteiger partial charge is 0.147 e. The van der Waals surface area contributed by atoms with Crippen molar-refractivity contribution in [3.05, 3.63) is 54.5 Å². The Bertz CT molecular complexity index is 599. The van der Waals surface area contributed by atoms with Crippen molar-refractivity contribution >= 4 is 5.82 Å². The number of rotatable bonds is 6. The molecule has 1 aromatic heterocycles. The summed E-state index contributed by atoms with van der Waals surface area (Å²) in [5, 5.41) is 0. The normalized spacial score (nSPS) is 17.2. The minimum atomic E-state index is 0.120. The number of hydrogen-bond donors (Lipinski definition) is 0. The molecule has 1 fully saturated rings. The molecule has 0 radical (unpaired) electrons. The quantitative estimate of drug-likeness (QED) is 0.816. The molecular weight excluding hydrogens is 300 g/mol. The summed E-state index contributed by atoms with van der Waals surface area (Å²) in [6.07, 6.45) is 7.72. The van der Waals surface area contributed by atoms with Crippen LogP contribution in [0.2, 0.25) is 0 Å². The first kappa shape index (κ1) is 16.9. The van der Waals surface area contributed by atoms with Crippen LogP contribution < -0.4 is 4.90 Å². The van der Waals surface area contributed by atoms with E-state index < -0.39 is 0 Å². The molecule has 2 aromatic rings. The van der Waals surface area contributed by atoms with E-state index in [0.29, 0.717) is 6.04 Å². The Morgan fingerprint density at radius 2 is 1.96 bits per heavy atom. The first-order valence-corrected chi connectivity index (χ1v) is 8.57. The van der Waals surface area contributed by atoms with Crippen LogP contribution in [0.4, 0.5) is 5.82 Å². The van der Waals surface area contributed by atoms with Crippen LogP contribution in [-0.4, -0.2) is 54.7 Å². The zero-order chi connectivity index (χ0) is 16.8. The first-order valence-electron chi connectivity index (χ1n) is 8.57. The summed E-state index contributed by atoms with van der Waals surface area (Å²) in [4.78, 5) is 13.3. The molecule has 5 nitrogen and oxygen atoms in total. The van der Waals surface area contributed by atoms with Gasteiger partial charge in [0.1, 0.15) is 5.82 Å². The van der Waals surface area contributed by atoms with Gasteiger partial charge in [0.25, 0.3) is 0 Å². The van der Waals surface area contributed by atoms with Gasteiger partial charge in [0.2, 0.25) is 0 Å². The average molecular weight is 326 g/mol. The molecule has 1 unspecified atom stereocenters. The van der Waals surface area contributed by atoms with E-state index in [4.69, 9.17) is 4.74 Å². The summed E-state index contributed by atoms with van der Waals surface area (Å²) >= 11 is 0. The number of aromatic nitrogens is 2. The second kappa shape index (κ2) is 8.22. The molecule has 0 spiro atoms. The lowest BCUT2D eigenvalue weighted by atomic mass is 10.0. The monoisotopic (exact) mass is 326 g/mol. The van der Waals surface area contributed by atoms with Crippen LogP contribution in [0.15, 0.2) is 48.9 Å². The van der Waals surface area contributed by atoms with Crippen LogP contribution >= 0.6 is 0 Å². The zero-order valence-electron chi connectivity index (χ0n) is 14.5. The zero-order valence-corrected chi connectivity index (χ0v) is 14.5. The molecule has 1 aliphatic heterocycles. The molecule has 0 aliphatic carbocycles. The maximum Gasteiger partial charge on any atom is 0.147 e. The van der Waals surface area contributed by atoms with Gasteiger partial charge in [-0.15, -0.1) is 0 Å². The highest BCUT2D eigenvalue weighted by Gasteiger charge is 2.25. The standard InChI is InChI=1S/C19H26N4O/c1-22(15-18(24-2)16-6-4-3-5-7-16)17-8-12-23(13-9-17)19-14-20-10-11-21-19/h3-7,10-11,14,17-18H,8-9,12-13,15H2,1-2H3. The molecule has 24 heavy (non-hydrogen) atoms. The fourth-order valence-electron chi connectivity index (χ4n) is 3.38.